The Balaban J connectivity index is 2.40. The molecule has 1 aromatic carbocycles. The van der Waals surface area contributed by atoms with Crippen LogP contribution in [-0.4, -0.2) is 24.0 Å². The monoisotopic (exact) mass is 358 g/mol. The van der Waals surface area contributed by atoms with Crippen molar-refractivity contribution in [1.82, 2.24) is 0 Å². The lowest BCUT2D eigenvalue weighted by Gasteiger charge is -2.37. The third kappa shape index (κ3) is 4.76. The standard InChI is InChI=1S/C22H30O4/c1-6-25-21(24)18(14-26-20(23)13-15(2)3)16-11-12-22(4,5)19-10-8-7-9-17(16)19/h7-10,13-14,16,20,23H,6,11-12H2,1-5H3/b18-14+. The number of hydrogen-bond donors (Lipinski definition) is 1. The second kappa shape index (κ2) is 8.54. The minimum atomic E-state index is -1.08. The zero-order valence-corrected chi connectivity index (χ0v) is 16.4. The fourth-order valence-electron chi connectivity index (χ4n) is 3.49. The Morgan fingerprint density at radius 1 is 1.35 bits per heavy atom. The highest BCUT2D eigenvalue weighted by Gasteiger charge is 2.36. The molecule has 2 rings (SSSR count). The third-order valence-electron chi connectivity index (χ3n) is 4.82. The molecule has 0 saturated heterocycles. The molecule has 0 heterocycles. The SMILES string of the molecule is CCOC(=O)/C(=C/OC(O)C=C(C)C)C1CCC(C)(C)c2ccccc21. The quantitative estimate of drug-likeness (QED) is 0.266. The van der Waals surface area contributed by atoms with Crippen LogP contribution in [0.2, 0.25) is 0 Å². The Morgan fingerprint density at radius 3 is 2.69 bits per heavy atom. The molecule has 1 N–H and O–H groups in total. The van der Waals surface area contributed by atoms with Crippen molar-refractivity contribution in [3.05, 3.63) is 58.9 Å². The van der Waals surface area contributed by atoms with E-state index in [2.05, 4.69) is 26.0 Å². The van der Waals surface area contributed by atoms with E-state index >= 15 is 0 Å². The zero-order valence-electron chi connectivity index (χ0n) is 16.4. The number of aliphatic hydroxyl groups excluding tert-OH is 1. The average molecular weight is 358 g/mol. The summed E-state index contributed by atoms with van der Waals surface area (Å²) in [7, 11) is 0. The highest BCUT2D eigenvalue weighted by Crippen LogP contribution is 2.45. The summed E-state index contributed by atoms with van der Waals surface area (Å²) >= 11 is 0. The van der Waals surface area contributed by atoms with Gasteiger partial charge < -0.3 is 14.6 Å². The number of allylic oxidation sites excluding steroid dienone is 1. The van der Waals surface area contributed by atoms with Crippen LogP contribution in [0.5, 0.6) is 0 Å². The molecule has 4 heteroatoms. The lowest BCUT2D eigenvalue weighted by molar-refractivity contribution is -0.139. The van der Waals surface area contributed by atoms with Gasteiger partial charge >= 0.3 is 5.97 Å². The lowest BCUT2D eigenvalue weighted by Crippen LogP contribution is -2.29. The summed E-state index contributed by atoms with van der Waals surface area (Å²) < 4.78 is 10.7. The Kier molecular flexibility index (Phi) is 6.65. The molecule has 0 amide bonds. The maximum Gasteiger partial charge on any atom is 0.337 e. The molecule has 142 valence electrons. The van der Waals surface area contributed by atoms with Crippen molar-refractivity contribution in [2.45, 2.75) is 65.1 Å². The van der Waals surface area contributed by atoms with E-state index in [1.165, 1.54) is 11.8 Å². The maximum atomic E-state index is 12.6. The van der Waals surface area contributed by atoms with Gasteiger partial charge in [0.25, 0.3) is 0 Å². The summed E-state index contributed by atoms with van der Waals surface area (Å²) in [5, 5.41) is 9.96. The van der Waals surface area contributed by atoms with Crippen LogP contribution in [0.1, 0.15) is 64.5 Å². The Labute approximate surface area is 156 Å². The predicted octanol–water partition coefficient (Wildman–Crippen LogP) is 4.59. The van der Waals surface area contributed by atoms with Gasteiger partial charge in [0.05, 0.1) is 18.4 Å². The number of carbonyl (C=O) groups is 1. The van der Waals surface area contributed by atoms with Gasteiger partial charge in [-0.15, -0.1) is 0 Å². The van der Waals surface area contributed by atoms with Crippen molar-refractivity contribution in [3.8, 4) is 0 Å². The Morgan fingerprint density at radius 2 is 2.04 bits per heavy atom. The van der Waals surface area contributed by atoms with Gasteiger partial charge in [0.15, 0.2) is 0 Å². The van der Waals surface area contributed by atoms with Gasteiger partial charge in [-0.1, -0.05) is 43.7 Å². The van der Waals surface area contributed by atoms with Crippen LogP contribution in [0.25, 0.3) is 0 Å². The van der Waals surface area contributed by atoms with E-state index < -0.39 is 12.3 Å². The largest absolute Gasteiger partial charge is 0.468 e. The van der Waals surface area contributed by atoms with Gasteiger partial charge in [0.2, 0.25) is 6.29 Å². The normalized spacial score (nSPS) is 19.9. The second-order valence-corrected chi connectivity index (χ2v) is 7.63. The number of esters is 1. The first-order chi connectivity index (χ1) is 12.3. The summed E-state index contributed by atoms with van der Waals surface area (Å²) in [6, 6.07) is 8.23. The fraction of sp³-hybridized carbons (Fsp3) is 0.500. The molecule has 0 aliphatic heterocycles. The fourth-order valence-corrected chi connectivity index (χ4v) is 3.49. The molecule has 0 bridgehead atoms. The zero-order chi connectivity index (χ0) is 19.3. The minimum Gasteiger partial charge on any atom is -0.468 e. The molecule has 0 saturated carbocycles. The number of benzene rings is 1. The lowest BCUT2D eigenvalue weighted by atomic mass is 9.67. The van der Waals surface area contributed by atoms with Gasteiger partial charge in [0, 0.05) is 5.92 Å². The second-order valence-electron chi connectivity index (χ2n) is 7.63. The van der Waals surface area contributed by atoms with Crippen LogP contribution in [-0.2, 0) is 19.7 Å². The molecular weight excluding hydrogens is 328 g/mol. The number of hydrogen-bond acceptors (Lipinski definition) is 4. The van der Waals surface area contributed by atoms with E-state index in [4.69, 9.17) is 9.47 Å². The molecule has 2 unspecified atom stereocenters. The van der Waals surface area contributed by atoms with Crippen molar-refractivity contribution >= 4 is 5.97 Å². The number of ether oxygens (including phenoxy) is 2. The number of aliphatic hydroxyl groups is 1. The van der Waals surface area contributed by atoms with Gasteiger partial charge in [-0.3, -0.25) is 0 Å². The first-order valence-corrected chi connectivity index (χ1v) is 9.21. The summed E-state index contributed by atoms with van der Waals surface area (Å²) in [5.74, 6) is -0.492. The van der Waals surface area contributed by atoms with Crippen molar-refractivity contribution in [2.24, 2.45) is 0 Å². The topological polar surface area (TPSA) is 55.8 Å². The van der Waals surface area contributed by atoms with Crippen molar-refractivity contribution < 1.29 is 19.4 Å². The molecule has 1 aromatic rings. The maximum absolute atomic E-state index is 12.6. The van der Waals surface area contributed by atoms with Crippen LogP contribution >= 0.6 is 0 Å². The smallest absolute Gasteiger partial charge is 0.337 e. The van der Waals surface area contributed by atoms with Gasteiger partial charge in [0.1, 0.15) is 0 Å². The first-order valence-electron chi connectivity index (χ1n) is 9.21. The highest BCUT2D eigenvalue weighted by molar-refractivity contribution is 5.90. The van der Waals surface area contributed by atoms with Crippen LogP contribution in [0.3, 0.4) is 0 Å². The van der Waals surface area contributed by atoms with Crippen molar-refractivity contribution in [3.63, 3.8) is 0 Å². The average Bonchev–Trinajstić information content (AvgIpc) is 2.56. The molecule has 0 spiro atoms. The molecular formula is C22H30O4. The van der Waals surface area contributed by atoms with Crippen LogP contribution in [0.15, 0.2) is 47.7 Å². The summed E-state index contributed by atoms with van der Waals surface area (Å²) in [5.41, 5.74) is 3.83. The summed E-state index contributed by atoms with van der Waals surface area (Å²) in [6.45, 7) is 10.3. The van der Waals surface area contributed by atoms with Crippen molar-refractivity contribution in [1.29, 1.82) is 0 Å². The van der Waals surface area contributed by atoms with E-state index in [1.54, 1.807) is 13.0 Å². The number of fused-ring (bicyclic) bond motifs is 1. The Bertz CT molecular complexity index is 696. The molecule has 1 aliphatic carbocycles. The van der Waals surface area contributed by atoms with Gasteiger partial charge in [-0.05, 0) is 56.2 Å². The predicted molar refractivity (Wildman–Crippen MR) is 103 cm³/mol. The molecule has 4 nitrogen and oxygen atoms in total. The summed E-state index contributed by atoms with van der Waals surface area (Å²) in [4.78, 5) is 12.6. The molecule has 0 radical (unpaired) electrons. The van der Waals surface area contributed by atoms with E-state index in [9.17, 15) is 9.90 Å². The molecule has 0 aromatic heterocycles. The molecule has 26 heavy (non-hydrogen) atoms. The third-order valence-corrected chi connectivity index (χ3v) is 4.82. The van der Waals surface area contributed by atoms with Crippen molar-refractivity contribution in [2.75, 3.05) is 6.61 Å². The highest BCUT2D eigenvalue weighted by atomic mass is 16.6. The number of carbonyl (C=O) groups excluding carboxylic acids is 1. The summed E-state index contributed by atoms with van der Waals surface area (Å²) in [6.07, 6.45) is 3.68. The van der Waals surface area contributed by atoms with E-state index in [0.717, 1.165) is 24.0 Å². The number of rotatable bonds is 6. The van der Waals surface area contributed by atoms with E-state index in [1.807, 2.05) is 26.0 Å². The first kappa shape index (κ1) is 20.2. The molecule has 0 fully saturated rings. The molecule has 2 atom stereocenters. The van der Waals surface area contributed by atoms with Crippen LogP contribution < -0.4 is 0 Å². The van der Waals surface area contributed by atoms with Crippen LogP contribution in [0.4, 0.5) is 0 Å². The van der Waals surface area contributed by atoms with E-state index in [0.29, 0.717) is 12.2 Å². The Hall–Kier alpha value is -2.07. The van der Waals surface area contributed by atoms with Crippen LogP contribution in [0, 0.1) is 0 Å². The van der Waals surface area contributed by atoms with Gasteiger partial charge in [-0.2, -0.15) is 0 Å². The molecule has 1 aliphatic rings. The minimum absolute atomic E-state index is 0.0648. The van der Waals surface area contributed by atoms with E-state index in [-0.39, 0.29) is 11.3 Å². The van der Waals surface area contributed by atoms with Gasteiger partial charge in [-0.25, -0.2) is 4.79 Å².